The van der Waals surface area contributed by atoms with E-state index < -0.39 is 5.91 Å². The predicted molar refractivity (Wildman–Crippen MR) is 87.3 cm³/mol. The topological polar surface area (TPSA) is 87.5 Å². The van der Waals surface area contributed by atoms with Crippen LogP contribution in [0.5, 0.6) is 0 Å². The molecule has 0 aromatic heterocycles. The first-order chi connectivity index (χ1) is 10.5. The van der Waals surface area contributed by atoms with E-state index in [-0.39, 0.29) is 16.6 Å². The number of primary amides is 1. The van der Waals surface area contributed by atoms with Crippen LogP contribution in [-0.4, -0.2) is 43.0 Å². The number of benzene rings is 1. The standard InChI is InChI=1S/C15H21ClN4O2/c1-20-8-2-3-11(20)6-7-18-15(22)19-10-4-5-12(14(17)21)13(16)9-10/h4-5,9,11H,2-3,6-8H2,1H3,(H2,17,21)(H2,18,19,22)/t11-/m0/s1. The van der Waals surface area contributed by atoms with Crippen LogP contribution in [0.4, 0.5) is 10.5 Å². The molecule has 1 saturated heterocycles. The van der Waals surface area contributed by atoms with Gasteiger partial charge in [0.1, 0.15) is 0 Å². The lowest BCUT2D eigenvalue weighted by Crippen LogP contribution is -2.34. The lowest BCUT2D eigenvalue weighted by atomic mass is 10.1. The molecule has 0 bridgehead atoms. The Morgan fingerprint density at radius 3 is 2.82 bits per heavy atom. The van der Waals surface area contributed by atoms with Gasteiger partial charge in [0.05, 0.1) is 10.6 Å². The van der Waals surface area contributed by atoms with Crippen LogP contribution < -0.4 is 16.4 Å². The van der Waals surface area contributed by atoms with Crippen molar-refractivity contribution in [2.24, 2.45) is 5.73 Å². The molecule has 0 radical (unpaired) electrons. The van der Waals surface area contributed by atoms with Crippen molar-refractivity contribution in [3.05, 3.63) is 28.8 Å². The molecule has 3 amide bonds. The minimum absolute atomic E-state index is 0.220. The summed E-state index contributed by atoms with van der Waals surface area (Å²) in [6, 6.07) is 4.85. The third-order valence-corrected chi connectivity index (χ3v) is 4.24. The number of amides is 3. The van der Waals surface area contributed by atoms with Crippen LogP contribution in [-0.2, 0) is 0 Å². The highest BCUT2D eigenvalue weighted by Gasteiger charge is 2.20. The van der Waals surface area contributed by atoms with E-state index >= 15 is 0 Å². The number of likely N-dealkylation sites (tertiary alicyclic amines) is 1. The number of nitrogens with zero attached hydrogens (tertiary/aromatic N) is 1. The fourth-order valence-electron chi connectivity index (χ4n) is 2.66. The Bertz CT molecular complexity index is 564. The summed E-state index contributed by atoms with van der Waals surface area (Å²) in [7, 11) is 2.11. The molecule has 0 aliphatic carbocycles. The zero-order valence-electron chi connectivity index (χ0n) is 12.6. The maximum atomic E-state index is 11.8. The molecule has 1 atom stereocenters. The Hall–Kier alpha value is -1.79. The van der Waals surface area contributed by atoms with Crippen LogP contribution in [0.15, 0.2) is 18.2 Å². The Labute approximate surface area is 135 Å². The van der Waals surface area contributed by atoms with Gasteiger partial charge < -0.3 is 21.3 Å². The van der Waals surface area contributed by atoms with Crippen molar-refractivity contribution < 1.29 is 9.59 Å². The number of carbonyl (C=O) groups excluding carboxylic acids is 2. The lowest BCUT2D eigenvalue weighted by Gasteiger charge is -2.19. The van der Waals surface area contributed by atoms with Gasteiger partial charge in [0, 0.05) is 18.3 Å². The van der Waals surface area contributed by atoms with E-state index in [2.05, 4.69) is 22.6 Å². The summed E-state index contributed by atoms with van der Waals surface area (Å²) in [5.74, 6) is -0.596. The van der Waals surface area contributed by atoms with Gasteiger partial charge in [-0.1, -0.05) is 11.6 Å². The number of nitrogens with two attached hydrogens (primary N) is 1. The first-order valence-electron chi connectivity index (χ1n) is 7.32. The molecule has 7 heteroatoms. The summed E-state index contributed by atoms with van der Waals surface area (Å²) in [6.45, 7) is 1.75. The molecule has 6 nitrogen and oxygen atoms in total. The number of anilines is 1. The molecule has 4 N–H and O–H groups in total. The molecular formula is C15H21ClN4O2. The van der Waals surface area contributed by atoms with E-state index in [4.69, 9.17) is 17.3 Å². The summed E-state index contributed by atoms with van der Waals surface area (Å²) in [5, 5.41) is 5.73. The Kier molecular flexibility index (Phi) is 5.63. The van der Waals surface area contributed by atoms with Gasteiger partial charge in [-0.25, -0.2) is 4.79 Å². The first kappa shape index (κ1) is 16.6. The smallest absolute Gasteiger partial charge is 0.319 e. The summed E-state index contributed by atoms with van der Waals surface area (Å²) < 4.78 is 0. The summed E-state index contributed by atoms with van der Waals surface area (Å²) in [4.78, 5) is 25.2. The van der Waals surface area contributed by atoms with Crippen LogP contribution in [0.3, 0.4) is 0 Å². The first-order valence-corrected chi connectivity index (χ1v) is 7.69. The number of hydrogen-bond donors (Lipinski definition) is 3. The molecule has 1 fully saturated rings. The number of urea groups is 1. The van der Waals surface area contributed by atoms with Crippen LogP contribution in [0, 0.1) is 0 Å². The SMILES string of the molecule is CN1CCC[C@H]1CCNC(=O)Nc1ccc(C(N)=O)c(Cl)c1. The lowest BCUT2D eigenvalue weighted by molar-refractivity contribution is 0.100. The van der Waals surface area contributed by atoms with E-state index in [0.29, 0.717) is 18.3 Å². The fraction of sp³-hybridized carbons (Fsp3) is 0.467. The van der Waals surface area contributed by atoms with Gasteiger partial charge in [-0.2, -0.15) is 0 Å². The number of hydrogen-bond acceptors (Lipinski definition) is 3. The number of halogens is 1. The number of rotatable bonds is 5. The molecule has 1 aliphatic rings. The fourth-order valence-corrected chi connectivity index (χ4v) is 2.94. The second-order valence-corrected chi connectivity index (χ2v) is 5.91. The molecule has 0 saturated carbocycles. The number of nitrogens with one attached hydrogen (secondary N) is 2. The molecule has 1 heterocycles. The van der Waals surface area contributed by atoms with Crippen molar-refractivity contribution in [2.45, 2.75) is 25.3 Å². The second kappa shape index (κ2) is 7.47. The van der Waals surface area contributed by atoms with Crippen molar-refractivity contribution in [1.82, 2.24) is 10.2 Å². The van der Waals surface area contributed by atoms with Gasteiger partial charge in [-0.15, -0.1) is 0 Å². The quantitative estimate of drug-likeness (QED) is 0.774. The zero-order chi connectivity index (χ0) is 16.1. The average molecular weight is 325 g/mol. The van der Waals surface area contributed by atoms with E-state index in [1.165, 1.54) is 25.0 Å². The molecule has 1 aromatic carbocycles. The van der Waals surface area contributed by atoms with Gasteiger partial charge in [0.15, 0.2) is 0 Å². The molecule has 120 valence electrons. The molecule has 0 spiro atoms. The second-order valence-electron chi connectivity index (χ2n) is 5.51. The maximum absolute atomic E-state index is 11.8. The van der Waals surface area contributed by atoms with E-state index in [0.717, 1.165) is 13.0 Å². The van der Waals surface area contributed by atoms with Gasteiger partial charge in [-0.3, -0.25) is 4.79 Å². The van der Waals surface area contributed by atoms with Crippen molar-refractivity contribution in [1.29, 1.82) is 0 Å². The normalized spacial score (nSPS) is 18.2. The largest absolute Gasteiger partial charge is 0.366 e. The van der Waals surface area contributed by atoms with Crippen molar-refractivity contribution >= 4 is 29.2 Å². The highest BCUT2D eigenvalue weighted by atomic mass is 35.5. The van der Waals surface area contributed by atoms with Crippen molar-refractivity contribution in [2.75, 3.05) is 25.5 Å². The van der Waals surface area contributed by atoms with E-state index in [9.17, 15) is 9.59 Å². The Morgan fingerprint density at radius 1 is 1.45 bits per heavy atom. The van der Waals surface area contributed by atoms with Crippen LogP contribution in [0.2, 0.25) is 5.02 Å². The highest BCUT2D eigenvalue weighted by molar-refractivity contribution is 6.34. The van der Waals surface area contributed by atoms with E-state index in [1.807, 2.05) is 0 Å². The van der Waals surface area contributed by atoms with Crippen LogP contribution in [0.1, 0.15) is 29.6 Å². The van der Waals surface area contributed by atoms with Gasteiger partial charge in [-0.05, 0) is 51.1 Å². The molecule has 0 unspecified atom stereocenters. The monoisotopic (exact) mass is 324 g/mol. The predicted octanol–water partition coefficient (Wildman–Crippen LogP) is 2.04. The third-order valence-electron chi connectivity index (χ3n) is 3.93. The highest BCUT2D eigenvalue weighted by Crippen LogP contribution is 2.20. The molecule has 1 aliphatic heterocycles. The Balaban J connectivity index is 1.79. The zero-order valence-corrected chi connectivity index (χ0v) is 13.3. The summed E-state index contributed by atoms with van der Waals surface area (Å²) in [5.41, 5.74) is 5.93. The molecule has 2 rings (SSSR count). The van der Waals surface area contributed by atoms with Crippen LogP contribution in [0.25, 0.3) is 0 Å². The van der Waals surface area contributed by atoms with Gasteiger partial charge in [0.25, 0.3) is 0 Å². The number of carbonyl (C=O) groups is 2. The minimum Gasteiger partial charge on any atom is -0.366 e. The molecule has 22 heavy (non-hydrogen) atoms. The molecular weight excluding hydrogens is 304 g/mol. The van der Waals surface area contributed by atoms with Crippen molar-refractivity contribution in [3.8, 4) is 0 Å². The average Bonchev–Trinajstić information content (AvgIpc) is 2.84. The van der Waals surface area contributed by atoms with Crippen molar-refractivity contribution in [3.63, 3.8) is 0 Å². The Morgan fingerprint density at radius 2 is 2.23 bits per heavy atom. The summed E-state index contributed by atoms with van der Waals surface area (Å²) >= 11 is 5.94. The third kappa shape index (κ3) is 4.35. The maximum Gasteiger partial charge on any atom is 0.319 e. The van der Waals surface area contributed by atoms with E-state index in [1.54, 1.807) is 6.07 Å². The van der Waals surface area contributed by atoms with Crippen LogP contribution >= 0.6 is 11.6 Å². The molecule has 1 aromatic rings. The van der Waals surface area contributed by atoms with Gasteiger partial charge >= 0.3 is 6.03 Å². The summed E-state index contributed by atoms with van der Waals surface area (Å²) in [6.07, 6.45) is 3.34. The van der Waals surface area contributed by atoms with Gasteiger partial charge in [0.2, 0.25) is 5.91 Å². The minimum atomic E-state index is -0.596.